The maximum atomic E-state index is 2.49. The van der Waals surface area contributed by atoms with E-state index in [0.29, 0.717) is 0 Å². The zero-order valence-electron chi connectivity index (χ0n) is 1.92. The second-order valence-electron chi connectivity index (χ2n) is 0.350. The molecule has 0 aliphatic heterocycles. The van der Waals surface area contributed by atoms with Crippen molar-refractivity contribution in [1.29, 1.82) is 0 Å². The molecule has 0 saturated heterocycles. The van der Waals surface area contributed by atoms with Crippen molar-refractivity contribution >= 4 is 81.2 Å². The Kier molecular flexibility index (Phi) is 5.84. The normalized spacial score (nSPS) is 15.2. The van der Waals surface area contributed by atoms with Gasteiger partial charge in [-0.1, -0.05) is 0 Å². The molecule has 0 amide bonds. The van der Waals surface area contributed by atoms with Crippen LogP contribution in [0.5, 0.6) is 0 Å². The molecule has 0 N–H and O–H groups in total. The molecule has 0 bridgehead atoms. The first kappa shape index (κ1) is 8.44. The van der Waals surface area contributed by atoms with Gasteiger partial charge in [-0.25, -0.2) is 0 Å². The first-order valence-corrected chi connectivity index (χ1v) is 21.5. The molecule has 0 aromatic heterocycles. The van der Waals surface area contributed by atoms with E-state index < -0.39 is -0.154 Å². The van der Waals surface area contributed by atoms with Gasteiger partial charge in [0.15, 0.2) is 0 Å². The zero-order chi connectivity index (χ0) is 4.50. The van der Waals surface area contributed by atoms with Gasteiger partial charge < -0.3 is 0 Å². The topological polar surface area (TPSA) is 0 Å². The van der Waals surface area contributed by atoms with Crippen molar-refractivity contribution in [3.8, 4) is 0 Å². The molecule has 0 aromatic carbocycles. The number of hydrogen-bond donors (Lipinski definition) is 0. The molecule has 34 valence electrons. The van der Waals surface area contributed by atoms with E-state index >= 15 is 0 Å². The van der Waals surface area contributed by atoms with Gasteiger partial charge in [0.1, 0.15) is 0 Å². The monoisotopic (exact) mass is 588 g/mol. The van der Waals surface area contributed by atoms with Crippen molar-refractivity contribution in [2.24, 2.45) is 0 Å². The Hall–Kier alpha value is 3.44. The summed E-state index contributed by atoms with van der Waals surface area (Å²) in [6.07, 6.45) is 0. The first-order chi connectivity index (χ1) is 2.00. The second-order valence-corrected chi connectivity index (χ2v) is 81.8. The van der Waals surface area contributed by atoms with E-state index in [1.807, 2.05) is 0 Å². The van der Waals surface area contributed by atoms with Crippen LogP contribution in [-0.2, 0) is 0 Å². The van der Waals surface area contributed by atoms with Crippen LogP contribution in [-0.4, -0.2) is -0.154 Å². The molecule has 0 saturated carbocycles. The second kappa shape index (κ2) is 3.46. The fourth-order valence-electron chi connectivity index (χ4n) is 0. The molecular weight excluding hydrogens is 587 g/mol. The summed E-state index contributed by atoms with van der Waals surface area (Å²) in [6.45, 7) is 0. The van der Waals surface area contributed by atoms with E-state index in [4.69, 9.17) is 0 Å². The van der Waals surface area contributed by atoms with Crippen molar-refractivity contribution in [3.05, 3.63) is 0 Å². The molecule has 0 radical (unpaired) electrons. The van der Waals surface area contributed by atoms with Crippen LogP contribution < -0.4 is 0 Å². The summed E-state index contributed by atoms with van der Waals surface area (Å²) >= 11 is 9.98. The van der Waals surface area contributed by atoms with Gasteiger partial charge in [0, 0.05) is 0 Å². The van der Waals surface area contributed by atoms with Gasteiger partial charge in [0.05, 0.1) is 0 Å². The van der Waals surface area contributed by atoms with Gasteiger partial charge in [0.2, 0.25) is 0 Å². The van der Waals surface area contributed by atoms with Crippen molar-refractivity contribution in [2.45, 2.75) is 0 Å². The van der Waals surface area contributed by atoms with E-state index in [2.05, 4.69) is 81.4 Å². The van der Waals surface area contributed by atoms with Gasteiger partial charge in [-0.05, 0) is 0 Å². The molecule has 0 spiro atoms. The van der Waals surface area contributed by atoms with E-state index in [0.717, 1.165) is 0 Å². The quantitative estimate of drug-likeness (QED) is 0.303. The van der Waals surface area contributed by atoms with Crippen LogP contribution in [0.3, 0.4) is 0 Å². The third kappa shape index (κ3) is 18.6. The molecule has 0 aromatic rings. The van der Waals surface area contributed by atoms with E-state index in [1.54, 1.807) is 0 Å². The Morgan fingerprint density at radius 1 is 0.800 bits per heavy atom. The molecule has 5 heteroatoms. The van der Waals surface area contributed by atoms with Crippen LogP contribution in [0.2, 0.25) is 0 Å². The van der Waals surface area contributed by atoms with Crippen LogP contribution in [0.1, 0.15) is 0 Å². The molecule has 0 heterocycles. The molecule has 0 nitrogen and oxygen atoms in total. The Morgan fingerprint density at radius 3 is 0.800 bits per heavy atom. The molecule has 0 rings (SSSR count). The summed E-state index contributed by atoms with van der Waals surface area (Å²) in [5, 5.41) is 0. The minimum absolute atomic E-state index is 0.870. The van der Waals surface area contributed by atoms with Gasteiger partial charge >= 0.3 is 81.2 Å². The summed E-state index contributed by atoms with van der Waals surface area (Å²) in [5.74, 6) is 0. The van der Waals surface area contributed by atoms with Crippen LogP contribution in [0.15, 0.2) is 0 Å². The van der Waals surface area contributed by atoms with E-state index in [-0.39, 0.29) is 0 Å². The Morgan fingerprint density at radius 2 is 0.800 bits per heavy atom. The maximum absolute atomic E-state index is 2.49. The molecule has 5 heavy (non-hydrogen) atoms. The predicted octanol–water partition coefficient (Wildman–Crippen LogP) is 3.16. The Labute approximate surface area is 78.8 Å². The summed E-state index contributed by atoms with van der Waals surface area (Å²) in [7, 11) is 0. The summed E-state index contributed by atoms with van der Waals surface area (Å²) < 4.78 is -0.870. The first-order valence-electron chi connectivity index (χ1n) is 0.617. The molecule has 0 fully saturated rings. The van der Waals surface area contributed by atoms with Crippen molar-refractivity contribution in [1.82, 2.24) is 0 Å². The average molecular weight is 587 g/mol. The fourth-order valence-corrected chi connectivity index (χ4v) is 0. The number of halogens is 4. The van der Waals surface area contributed by atoms with Gasteiger partial charge in [0.25, 0.3) is 0 Å². The minimum atomic E-state index is -0.870. The van der Waals surface area contributed by atoms with Crippen LogP contribution in [0, 0.1) is 0 Å². The van der Waals surface area contributed by atoms with Crippen LogP contribution in [0.25, 0.3) is 0 Å². The molecule has 0 aliphatic carbocycles. The molecule has 0 unspecified atom stereocenters. The molecular formula is I4Se. The zero-order valence-corrected chi connectivity index (χ0v) is 12.3. The number of hydrogen-bond acceptors (Lipinski definition) is 0. The Bertz CT molecular complexity index is 19.1. The SMILES string of the molecule is I[Se](I)(I)I. The Balaban J connectivity index is 3.02. The predicted molar refractivity (Wildman–Crippen MR) is 61.8 cm³/mol. The summed E-state index contributed by atoms with van der Waals surface area (Å²) in [5.41, 5.74) is 0. The van der Waals surface area contributed by atoms with Crippen LogP contribution in [0.4, 0.5) is 0 Å². The summed E-state index contributed by atoms with van der Waals surface area (Å²) in [6, 6.07) is 0. The average Bonchev–Trinajstić information content (AvgIpc) is 0.722. The standard InChI is InChI=1S/I4Se/c1-5(2,3)4. The molecule has 0 aliphatic rings. The van der Waals surface area contributed by atoms with Crippen LogP contribution >= 0.6 is 81.4 Å². The third-order valence-electron chi connectivity index (χ3n) is 0. The fraction of sp³-hybridized carbons (Fsp3) is 0. The van der Waals surface area contributed by atoms with Crippen molar-refractivity contribution < 1.29 is 0 Å². The van der Waals surface area contributed by atoms with Gasteiger partial charge in [-0.15, -0.1) is 0 Å². The van der Waals surface area contributed by atoms with Crippen molar-refractivity contribution in [3.63, 3.8) is 0 Å². The van der Waals surface area contributed by atoms with Crippen molar-refractivity contribution in [2.75, 3.05) is 0 Å². The van der Waals surface area contributed by atoms with Gasteiger partial charge in [-0.3, -0.25) is 0 Å². The summed E-state index contributed by atoms with van der Waals surface area (Å²) in [4.78, 5) is 0. The van der Waals surface area contributed by atoms with E-state index in [9.17, 15) is 0 Å². The van der Waals surface area contributed by atoms with E-state index in [1.165, 1.54) is 0 Å². The third-order valence-corrected chi connectivity index (χ3v) is 0. The molecule has 0 atom stereocenters. The number of rotatable bonds is 0. The van der Waals surface area contributed by atoms with Gasteiger partial charge in [-0.2, -0.15) is 0 Å².